The standard InChI is InChI=1S/C61H41N3O/c1-3-45(59-52-37-40(30-35-58(52)65-57(59)4-2)39-28-33-55-50(36-39)47-25-15-16-26-53(47)62(55)42-18-8-5-9-19-42)41-29-34-56-51(38-41)49-32-31-48-46-24-14-17-27-54(46)63(43-20-10-6-11-21-43)60(48)61(49)64(56)44-22-12-7-13-23-44/h3-38H,1H2,2H3/b57-4+,59-45+. The third-order valence-electron chi connectivity index (χ3n) is 13.4. The SMILES string of the molecule is C=C/C(c1ccc2c(c1)c1ccc3c4ccccc4n(-c4ccccc4)c3c1n2-c1ccccc1)=c1\c(=C/C)oc2ccc(-c3ccc4c(c3)c3ccccc3n4-c3ccccc3)cc12. The summed E-state index contributed by atoms with van der Waals surface area (Å²) in [6, 6.07) is 74.5. The Kier molecular flexibility index (Phi) is 8.24. The molecular formula is C61H41N3O. The first-order valence-corrected chi connectivity index (χ1v) is 22.2. The predicted molar refractivity (Wildman–Crippen MR) is 273 cm³/mol. The average Bonchev–Trinajstić information content (AvgIpc) is 4.11. The maximum Gasteiger partial charge on any atom is 0.135 e. The molecule has 0 spiro atoms. The van der Waals surface area contributed by atoms with Gasteiger partial charge in [-0.05, 0) is 120 Å². The zero-order valence-electron chi connectivity index (χ0n) is 35.7. The van der Waals surface area contributed by atoms with E-state index in [9.17, 15) is 0 Å². The summed E-state index contributed by atoms with van der Waals surface area (Å²) in [5.41, 5.74) is 16.5. The van der Waals surface area contributed by atoms with Gasteiger partial charge < -0.3 is 18.1 Å². The van der Waals surface area contributed by atoms with Crippen molar-refractivity contribution in [2.45, 2.75) is 6.92 Å². The number of rotatable bonds is 6. The fourth-order valence-corrected chi connectivity index (χ4v) is 10.6. The van der Waals surface area contributed by atoms with Crippen molar-refractivity contribution in [2.75, 3.05) is 0 Å². The van der Waals surface area contributed by atoms with Gasteiger partial charge in [0.15, 0.2) is 0 Å². The molecule has 4 nitrogen and oxygen atoms in total. The number of benzene rings is 9. The van der Waals surface area contributed by atoms with Crippen LogP contribution < -0.4 is 10.6 Å². The lowest BCUT2D eigenvalue weighted by Gasteiger charge is -2.12. The minimum atomic E-state index is 0.828. The summed E-state index contributed by atoms with van der Waals surface area (Å²) in [6.45, 7) is 6.50. The summed E-state index contributed by atoms with van der Waals surface area (Å²) < 4.78 is 13.9. The molecule has 0 saturated carbocycles. The Labute approximate surface area is 374 Å². The number of allylic oxidation sites excluding steroid dienone is 1. The summed E-state index contributed by atoms with van der Waals surface area (Å²) in [7, 11) is 0. The van der Waals surface area contributed by atoms with Crippen LogP contribution in [0.25, 0.3) is 116 Å². The monoisotopic (exact) mass is 831 g/mol. The van der Waals surface area contributed by atoms with Gasteiger partial charge >= 0.3 is 0 Å². The van der Waals surface area contributed by atoms with Gasteiger partial charge in [0.05, 0.1) is 33.1 Å². The molecule has 0 amide bonds. The molecule has 13 aromatic rings. The third-order valence-corrected chi connectivity index (χ3v) is 13.4. The molecule has 0 aliphatic rings. The fourth-order valence-electron chi connectivity index (χ4n) is 10.6. The Morgan fingerprint density at radius 3 is 1.49 bits per heavy atom. The average molecular weight is 832 g/mol. The number of hydrogen-bond acceptors (Lipinski definition) is 1. The van der Waals surface area contributed by atoms with E-state index in [0.29, 0.717) is 0 Å². The largest absolute Gasteiger partial charge is 0.456 e. The highest BCUT2D eigenvalue weighted by Crippen LogP contribution is 2.42. The summed E-state index contributed by atoms with van der Waals surface area (Å²) in [6.07, 6.45) is 4.07. The number of hydrogen-bond donors (Lipinski definition) is 0. The highest BCUT2D eigenvalue weighted by atomic mass is 16.3. The summed E-state index contributed by atoms with van der Waals surface area (Å²) in [5, 5.41) is 9.36. The first-order valence-electron chi connectivity index (χ1n) is 22.2. The molecule has 306 valence electrons. The van der Waals surface area contributed by atoms with E-state index < -0.39 is 0 Å². The fraction of sp³-hybridized carbons (Fsp3) is 0.0164. The van der Waals surface area contributed by atoms with Crippen LogP contribution in [0, 0.1) is 0 Å². The molecule has 9 aromatic carbocycles. The molecule has 0 fully saturated rings. The first kappa shape index (κ1) is 37.0. The molecule has 4 aromatic heterocycles. The molecule has 4 heterocycles. The molecular weight excluding hydrogens is 791 g/mol. The molecule has 0 unspecified atom stereocenters. The number of para-hydroxylation sites is 5. The van der Waals surface area contributed by atoms with E-state index in [2.05, 4.69) is 233 Å². The predicted octanol–water partition coefficient (Wildman–Crippen LogP) is 14.6. The Balaban J connectivity index is 1.05. The van der Waals surface area contributed by atoms with Gasteiger partial charge in [0.25, 0.3) is 0 Å². The van der Waals surface area contributed by atoms with Crippen LogP contribution in [0.5, 0.6) is 0 Å². The quantitative estimate of drug-likeness (QED) is 0.164. The Morgan fingerprint density at radius 1 is 0.415 bits per heavy atom. The second kappa shape index (κ2) is 14.5. The lowest BCUT2D eigenvalue weighted by atomic mass is 9.97. The molecule has 0 aliphatic carbocycles. The molecule has 0 saturated heterocycles. The van der Waals surface area contributed by atoms with Gasteiger partial charge in [-0.25, -0.2) is 0 Å². The normalized spacial score (nSPS) is 12.8. The van der Waals surface area contributed by atoms with Gasteiger partial charge in [-0.3, -0.25) is 0 Å². The molecule has 13 rings (SSSR count). The topological polar surface area (TPSA) is 27.9 Å². The van der Waals surface area contributed by atoms with Gasteiger partial charge in [0.2, 0.25) is 0 Å². The van der Waals surface area contributed by atoms with Crippen molar-refractivity contribution in [3.05, 3.63) is 235 Å². The highest BCUT2D eigenvalue weighted by molar-refractivity contribution is 6.24. The van der Waals surface area contributed by atoms with Gasteiger partial charge in [-0.15, -0.1) is 0 Å². The maximum atomic E-state index is 6.64. The second-order valence-corrected chi connectivity index (χ2v) is 16.8. The Bertz CT molecular complexity index is 4180. The number of fused-ring (bicyclic) bond motifs is 11. The van der Waals surface area contributed by atoms with E-state index in [1.54, 1.807) is 0 Å². The summed E-state index contributed by atoms with van der Waals surface area (Å²) >= 11 is 0. The van der Waals surface area contributed by atoms with Gasteiger partial charge in [0.1, 0.15) is 11.0 Å². The van der Waals surface area contributed by atoms with Crippen molar-refractivity contribution < 1.29 is 4.42 Å². The van der Waals surface area contributed by atoms with Gasteiger partial charge in [-0.1, -0.05) is 134 Å². The van der Waals surface area contributed by atoms with Crippen LogP contribution in [-0.2, 0) is 0 Å². The van der Waals surface area contributed by atoms with Crippen molar-refractivity contribution in [3.63, 3.8) is 0 Å². The minimum absolute atomic E-state index is 0.828. The Morgan fingerprint density at radius 2 is 0.877 bits per heavy atom. The maximum absolute atomic E-state index is 6.64. The Hall–Kier alpha value is -8.60. The summed E-state index contributed by atoms with van der Waals surface area (Å²) in [4.78, 5) is 0. The van der Waals surface area contributed by atoms with Gasteiger partial charge in [-0.2, -0.15) is 0 Å². The van der Waals surface area contributed by atoms with Crippen LogP contribution in [0.3, 0.4) is 0 Å². The van der Waals surface area contributed by atoms with Crippen LogP contribution in [0.2, 0.25) is 0 Å². The lowest BCUT2D eigenvalue weighted by molar-refractivity contribution is 0.574. The van der Waals surface area contributed by atoms with Crippen molar-refractivity contribution in [2.24, 2.45) is 0 Å². The van der Waals surface area contributed by atoms with E-state index >= 15 is 0 Å². The molecule has 65 heavy (non-hydrogen) atoms. The van der Waals surface area contributed by atoms with Crippen molar-refractivity contribution >= 4 is 88.0 Å². The lowest BCUT2D eigenvalue weighted by Crippen LogP contribution is -2.23. The molecule has 4 heteroatoms. The molecule has 0 bridgehead atoms. The molecule has 0 atom stereocenters. The zero-order valence-corrected chi connectivity index (χ0v) is 35.7. The van der Waals surface area contributed by atoms with Crippen LogP contribution in [0.1, 0.15) is 12.5 Å². The van der Waals surface area contributed by atoms with Gasteiger partial charge in [0, 0.05) is 60.0 Å². The number of furan rings is 1. The second-order valence-electron chi connectivity index (χ2n) is 16.8. The minimum Gasteiger partial charge on any atom is -0.456 e. The van der Waals surface area contributed by atoms with Crippen molar-refractivity contribution in [1.82, 2.24) is 13.7 Å². The molecule has 0 aliphatic heterocycles. The van der Waals surface area contributed by atoms with Crippen LogP contribution >= 0.6 is 0 Å². The van der Waals surface area contributed by atoms with E-state index in [0.717, 1.165) is 66.4 Å². The summed E-state index contributed by atoms with van der Waals surface area (Å²) in [5.74, 6) is 0. The van der Waals surface area contributed by atoms with Crippen molar-refractivity contribution in [3.8, 4) is 28.2 Å². The van der Waals surface area contributed by atoms with E-state index in [1.807, 2.05) is 13.0 Å². The van der Waals surface area contributed by atoms with Crippen molar-refractivity contribution in [1.29, 1.82) is 0 Å². The molecule has 0 radical (unpaired) electrons. The highest BCUT2D eigenvalue weighted by Gasteiger charge is 2.22. The van der Waals surface area contributed by atoms with E-state index in [4.69, 9.17) is 4.42 Å². The zero-order chi connectivity index (χ0) is 43.2. The van der Waals surface area contributed by atoms with Crippen LogP contribution in [0.15, 0.2) is 223 Å². The number of aromatic nitrogens is 3. The van der Waals surface area contributed by atoms with Crippen LogP contribution in [-0.4, -0.2) is 13.7 Å². The first-order chi connectivity index (χ1) is 32.2. The molecule has 0 N–H and O–H groups in total. The van der Waals surface area contributed by atoms with Crippen LogP contribution in [0.4, 0.5) is 0 Å². The van der Waals surface area contributed by atoms with E-state index in [1.165, 1.54) is 59.9 Å². The smallest absolute Gasteiger partial charge is 0.135 e. The number of nitrogens with zero attached hydrogens (tertiary/aromatic N) is 3. The van der Waals surface area contributed by atoms with E-state index in [-0.39, 0.29) is 0 Å². The third kappa shape index (κ3) is 5.51.